The smallest absolute Gasteiger partial charge is 0.282 e. The molecule has 0 spiro atoms. The maximum Gasteiger partial charge on any atom is 0.294 e. The van der Waals surface area contributed by atoms with Gasteiger partial charge in [-0.3, -0.25) is 4.55 Å². The molecule has 3 nitrogen and oxygen atoms in total. The largest absolute Gasteiger partial charge is 0.294 e. The molecule has 108 valence electrons. The third-order valence-corrected chi connectivity index (χ3v) is 4.42. The summed E-state index contributed by atoms with van der Waals surface area (Å²) in [5.41, 5.74) is 1.16. The lowest BCUT2D eigenvalue weighted by atomic mass is 9.91. The van der Waals surface area contributed by atoms with Crippen LogP contribution >= 0.6 is 0 Å². The van der Waals surface area contributed by atoms with Gasteiger partial charge in [0.2, 0.25) is 0 Å². The van der Waals surface area contributed by atoms with Crippen molar-refractivity contribution in [2.24, 2.45) is 0 Å². The summed E-state index contributed by atoms with van der Waals surface area (Å²) < 4.78 is 30.9. The van der Waals surface area contributed by atoms with E-state index in [1.54, 1.807) is 0 Å². The zero-order chi connectivity index (χ0) is 14.3. The van der Waals surface area contributed by atoms with Crippen molar-refractivity contribution in [1.82, 2.24) is 0 Å². The highest BCUT2D eigenvalue weighted by atomic mass is 32.2. The van der Waals surface area contributed by atoms with Crippen molar-refractivity contribution >= 4 is 10.1 Å². The first-order chi connectivity index (χ1) is 8.99. The lowest BCUT2D eigenvalue weighted by Crippen LogP contribution is -2.01. The highest BCUT2D eigenvalue weighted by molar-refractivity contribution is 7.85. The molecule has 1 rings (SSSR count). The molecule has 0 heterocycles. The van der Waals surface area contributed by atoms with E-state index < -0.39 is 10.1 Å². The van der Waals surface area contributed by atoms with Gasteiger partial charge in [0, 0.05) is 0 Å². The van der Waals surface area contributed by atoms with Crippen LogP contribution in [0.5, 0.6) is 0 Å². The molecule has 0 bridgehead atoms. The fourth-order valence-corrected chi connectivity index (χ4v) is 2.82. The van der Waals surface area contributed by atoms with Gasteiger partial charge in [0.1, 0.15) is 0 Å². The van der Waals surface area contributed by atoms with Crippen molar-refractivity contribution in [3.05, 3.63) is 29.8 Å². The first kappa shape index (κ1) is 16.2. The molecule has 0 fully saturated rings. The molecule has 0 aliphatic rings. The molecular weight excluding hydrogens is 260 g/mol. The predicted molar refractivity (Wildman–Crippen MR) is 78.0 cm³/mol. The number of hydrogen-bond donors (Lipinski definition) is 1. The second-order valence-electron chi connectivity index (χ2n) is 5.00. The first-order valence-corrected chi connectivity index (χ1v) is 8.50. The Morgan fingerprint density at radius 3 is 2.16 bits per heavy atom. The molecule has 1 aromatic carbocycles. The first-order valence-electron chi connectivity index (χ1n) is 7.06. The summed E-state index contributed by atoms with van der Waals surface area (Å²) in [7, 11) is -4.08. The topological polar surface area (TPSA) is 54.4 Å². The summed E-state index contributed by atoms with van der Waals surface area (Å²) in [5, 5.41) is 0. The van der Waals surface area contributed by atoms with Gasteiger partial charge in [0.15, 0.2) is 0 Å². The minimum atomic E-state index is -4.08. The molecule has 19 heavy (non-hydrogen) atoms. The Bertz CT molecular complexity index is 463. The lowest BCUT2D eigenvalue weighted by Gasteiger charge is -2.15. The van der Waals surface area contributed by atoms with Crippen molar-refractivity contribution in [3.8, 4) is 0 Å². The van der Waals surface area contributed by atoms with Crippen LogP contribution in [0, 0.1) is 0 Å². The summed E-state index contributed by atoms with van der Waals surface area (Å²) in [4.78, 5) is -0.0305. The molecular formula is C15H24O3S. The second-order valence-corrected chi connectivity index (χ2v) is 6.42. The van der Waals surface area contributed by atoms with Crippen LogP contribution in [0.1, 0.15) is 63.9 Å². The zero-order valence-electron chi connectivity index (χ0n) is 11.8. The van der Waals surface area contributed by atoms with E-state index in [9.17, 15) is 8.42 Å². The van der Waals surface area contributed by atoms with E-state index in [0.29, 0.717) is 5.92 Å². The standard InChI is InChI=1S/C15H24O3S/c1-3-5-6-7-8-13(4-2)14-9-11-15(12-10-14)19(16,17)18/h9-13H,3-8H2,1-2H3,(H,16,17,18). The zero-order valence-corrected chi connectivity index (χ0v) is 12.6. The Morgan fingerprint density at radius 1 is 1.05 bits per heavy atom. The fourth-order valence-electron chi connectivity index (χ4n) is 2.34. The van der Waals surface area contributed by atoms with Crippen LogP contribution in [-0.4, -0.2) is 13.0 Å². The Hall–Kier alpha value is -0.870. The molecule has 1 atom stereocenters. The summed E-state index contributed by atoms with van der Waals surface area (Å²) in [5.74, 6) is 0.479. The van der Waals surface area contributed by atoms with Gasteiger partial charge in [-0.15, -0.1) is 0 Å². The molecule has 0 aliphatic carbocycles. The minimum absolute atomic E-state index is 0.0305. The normalized spacial score (nSPS) is 13.4. The highest BCUT2D eigenvalue weighted by Gasteiger charge is 2.12. The molecule has 0 saturated heterocycles. The van der Waals surface area contributed by atoms with Crippen LogP contribution in [0.3, 0.4) is 0 Å². The van der Waals surface area contributed by atoms with E-state index in [1.165, 1.54) is 37.8 Å². The predicted octanol–water partition coefficient (Wildman–Crippen LogP) is 4.40. The quantitative estimate of drug-likeness (QED) is 0.568. The highest BCUT2D eigenvalue weighted by Crippen LogP contribution is 2.26. The van der Waals surface area contributed by atoms with E-state index >= 15 is 0 Å². The summed E-state index contributed by atoms with van der Waals surface area (Å²) in [6.07, 6.45) is 7.18. The Kier molecular flexibility index (Phi) is 6.52. The van der Waals surface area contributed by atoms with E-state index in [4.69, 9.17) is 4.55 Å². The van der Waals surface area contributed by atoms with Crippen molar-refractivity contribution in [2.45, 2.75) is 63.2 Å². The Morgan fingerprint density at radius 2 is 1.68 bits per heavy atom. The van der Waals surface area contributed by atoms with Gasteiger partial charge in [-0.25, -0.2) is 0 Å². The van der Waals surface area contributed by atoms with Gasteiger partial charge < -0.3 is 0 Å². The lowest BCUT2D eigenvalue weighted by molar-refractivity contribution is 0.483. The Balaban J connectivity index is 2.66. The maximum absolute atomic E-state index is 11.0. The average molecular weight is 284 g/mol. The average Bonchev–Trinajstić information content (AvgIpc) is 2.38. The minimum Gasteiger partial charge on any atom is -0.282 e. The monoisotopic (exact) mass is 284 g/mol. The van der Waals surface area contributed by atoms with Gasteiger partial charge in [-0.1, -0.05) is 51.7 Å². The van der Waals surface area contributed by atoms with Crippen LogP contribution in [0.15, 0.2) is 29.2 Å². The van der Waals surface area contributed by atoms with Gasteiger partial charge in [-0.05, 0) is 36.5 Å². The van der Waals surface area contributed by atoms with Gasteiger partial charge in [-0.2, -0.15) is 8.42 Å². The van der Waals surface area contributed by atoms with Crippen molar-refractivity contribution in [2.75, 3.05) is 0 Å². The summed E-state index contributed by atoms with van der Waals surface area (Å²) in [6, 6.07) is 6.60. The Labute approximate surface area is 116 Å². The van der Waals surface area contributed by atoms with E-state index in [0.717, 1.165) is 18.4 Å². The summed E-state index contributed by atoms with van der Waals surface area (Å²) in [6.45, 7) is 4.35. The van der Waals surface area contributed by atoms with Crippen molar-refractivity contribution in [1.29, 1.82) is 0 Å². The molecule has 4 heteroatoms. The fraction of sp³-hybridized carbons (Fsp3) is 0.600. The molecule has 0 aliphatic heterocycles. The molecule has 1 aromatic rings. The van der Waals surface area contributed by atoms with Crippen LogP contribution in [0.4, 0.5) is 0 Å². The molecule has 1 unspecified atom stereocenters. The van der Waals surface area contributed by atoms with Gasteiger partial charge >= 0.3 is 0 Å². The molecule has 0 amide bonds. The van der Waals surface area contributed by atoms with E-state index in [2.05, 4.69) is 13.8 Å². The third kappa shape index (κ3) is 5.33. The number of hydrogen-bond acceptors (Lipinski definition) is 2. The van der Waals surface area contributed by atoms with Gasteiger partial charge in [0.05, 0.1) is 4.90 Å². The number of unbranched alkanes of at least 4 members (excludes halogenated alkanes) is 3. The maximum atomic E-state index is 11.0. The summed E-state index contributed by atoms with van der Waals surface area (Å²) >= 11 is 0. The van der Waals surface area contributed by atoms with Crippen molar-refractivity contribution in [3.63, 3.8) is 0 Å². The van der Waals surface area contributed by atoms with E-state index in [1.807, 2.05) is 12.1 Å². The number of rotatable bonds is 8. The van der Waals surface area contributed by atoms with Crippen LogP contribution in [0.2, 0.25) is 0 Å². The van der Waals surface area contributed by atoms with Crippen molar-refractivity contribution < 1.29 is 13.0 Å². The van der Waals surface area contributed by atoms with E-state index in [-0.39, 0.29) is 4.90 Å². The SMILES string of the molecule is CCCCCCC(CC)c1ccc(S(=O)(=O)O)cc1. The third-order valence-electron chi connectivity index (χ3n) is 3.55. The molecule has 0 radical (unpaired) electrons. The van der Waals surface area contributed by atoms with Crippen LogP contribution < -0.4 is 0 Å². The van der Waals surface area contributed by atoms with Crippen LogP contribution in [-0.2, 0) is 10.1 Å². The second kappa shape index (κ2) is 7.65. The molecule has 0 saturated carbocycles. The number of benzene rings is 1. The van der Waals surface area contributed by atoms with Crippen LogP contribution in [0.25, 0.3) is 0 Å². The molecule has 1 N–H and O–H groups in total. The molecule has 0 aromatic heterocycles. The van der Waals surface area contributed by atoms with Gasteiger partial charge in [0.25, 0.3) is 10.1 Å².